The van der Waals surface area contributed by atoms with Gasteiger partial charge in [-0.05, 0) is 42.3 Å². The molecule has 2 aromatic rings. The van der Waals surface area contributed by atoms with E-state index in [1.807, 2.05) is 31.2 Å². The molecule has 0 aliphatic carbocycles. The van der Waals surface area contributed by atoms with E-state index in [0.29, 0.717) is 17.9 Å². The van der Waals surface area contributed by atoms with Gasteiger partial charge in [-0.25, -0.2) is 4.39 Å². The van der Waals surface area contributed by atoms with Crippen molar-refractivity contribution < 1.29 is 14.0 Å². The SMILES string of the molecule is CCCCC(=O)Nc1ccc([C@H]2SCC(=O)N2c2cccc(F)c2)cc1. The molecule has 0 saturated carbocycles. The number of hydrogen-bond acceptors (Lipinski definition) is 3. The van der Waals surface area contributed by atoms with Crippen LogP contribution in [0.15, 0.2) is 48.5 Å². The molecule has 6 heteroatoms. The summed E-state index contributed by atoms with van der Waals surface area (Å²) in [5, 5.41) is 2.68. The smallest absolute Gasteiger partial charge is 0.238 e. The van der Waals surface area contributed by atoms with Crippen molar-refractivity contribution in [1.29, 1.82) is 0 Å². The Morgan fingerprint density at radius 3 is 2.73 bits per heavy atom. The van der Waals surface area contributed by atoms with E-state index in [4.69, 9.17) is 0 Å². The van der Waals surface area contributed by atoms with Crippen molar-refractivity contribution in [3.8, 4) is 0 Å². The van der Waals surface area contributed by atoms with Gasteiger partial charge in [0.1, 0.15) is 11.2 Å². The number of rotatable bonds is 6. The number of carbonyl (C=O) groups excluding carboxylic acids is 2. The molecule has 3 rings (SSSR count). The van der Waals surface area contributed by atoms with Gasteiger partial charge in [0, 0.05) is 17.8 Å². The molecule has 0 spiro atoms. The van der Waals surface area contributed by atoms with Crippen molar-refractivity contribution in [2.24, 2.45) is 0 Å². The first-order chi connectivity index (χ1) is 12.6. The van der Waals surface area contributed by atoms with E-state index in [0.717, 1.165) is 24.1 Å². The van der Waals surface area contributed by atoms with E-state index in [2.05, 4.69) is 5.32 Å². The molecular formula is C20H21FN2O2S. The predicted molar refractivity (Wildman–Crippen MR) is 104 cm³/mol. The van der Waals surface area contributed by atoms with E-state index < -0.39 is 0 Å². The van der Waals surface area contributed by atoms with Crippen LogP contribution in [0.25, 0.3) is 0 Å². The summed E-state index contributed by atoms with van der Waals surface area (Å²) >= 11 is 1.51. The van der Waals surface area contributed by atoms with Crippen molar-refractivity contribution in [3.63, 3.8) is 0 Å². The van der Waals surface area contributed by atoms with Crippen molar-refractivity contribution in [3.05, 3.63) is 59.9 Å². The minimum Gasteiger partial charge on any atom is -0.326 e. The van der Waals surface area contributed by atoms with Crippen LogP contribution in [0.1, 0.15) is 37.1 Å². The van der Waals surface area contributed by atoms with Crippen LogP contribution in [0.3, 0.4) is 0 Å². The first kappa shape index (κ1) is 18.5. The Balaban J connectivity index is 1.75. The lowest BCUT2D eigenvalue weighted by Crippen LogP contribution is -2.27. The largest absolute Gasteiger partial charge is 0.326 e. The summed E-state index contributed by atoms with van der Waals surface area (Å²) in [6.07, 6.45) is 2.36. The van der Waals surface area contributed by atoms with Crippen LogP contribution >= 0.6 is 11.8 Å². The van der Waals surface area contributed by atoms with Crippen molar-refractivity contribution in [2.45, 2.75) is 31.6 Å². The lowest BCUT2D eigenvalue weighted by molar-refractivity contribution is -0.116. The van der Waals surface area contributed by atoms with Crippen LogP contribution in [0.2, 0.25) is 0 Å². The van der Waals surface area contributed by atoms with Crippen LogP contribution in [0, 0.1) is 5.82 Å². The topological polar surface area (TPSA) is 49.4 Å². The third-order valence-electron chi connectivity index (χ3n) is 4.19. The van der Waals surface area contributed by atoms with Crippen LogP contribution < -0.4 is 10.2 Å². The number of anilines is 2. The monoisotopic (exact) mass is 372 g/mol. The third kappa shape index (κ3) is 4.25. The number of nitrogens with one attached hydrogen (secondary N) is 1. The first-order valence-electron chi connectivity index (χ1n) is 8.67. The van der Waals surface area contributed by atoms with Gasteiger partial charge in [-0.2, -0.15) is 0 Å². The van der Waals surface area contributed by atoms with E-state index in [-0.39, 0.29) is 23.0 Å². The molecule has 0 aromatic heterocycles. The molecule has 1 atom stereocenters. The molecule has 2 amide bonds. The average Bonchev–Trinajstić information content (AvgIpc) is 3.02. The number of amides is 2. The van der Waals surface area contributed by atoms with E-state index in [9.17, 15) is 14.0 Å². The summed E-state index contributed by atoms with van der Waals surface area (Å²) in [6, 6.07) is 13.6. The highest BCUT2D eigenvalue weighted by atomic mass is 32.2. The summed E-state index contributed by atoms with van der Waals surface area (Å²) in [5.74, 6) is -0.0403. The fourth-order valence-electron chi connectivity index (χ4n) is 2.87. The summed E-state index contributed by atoms with van der Waals surface area (Å²) in [4.78, 5) is 25.8. The Morgan fingerprint density at radius 1 is 1.27 bits per heavy atom. The highest BCUT2D eigenvalue weighted by molar-refractivity contribution is 8.00. The van der Waals surface area contributed by atoms with Crippen molar-refractivity contribution in [2.75, 3.05) is 16.0 Å². The standard InChI is InChI=1S/C20H21FN2O2S/c1-2-3-7-18(24)22-16-10-8-14(9-11-16)20-23(19(25)13-26-20)17-6-4-5-15(21)12-17/h4-6,8-12,20H,2-3,7,13H2,1H3,(H,22,24)/t20-/m1/s1. The minimum absolute atomic E-state index is 0.00593. The van der Waals surface area contributed by atoms with Crippen LogP contribution in [0.4, 0.5) is 15.8 Å². The second kappa shape index (κ2) is 8.36. The van der Waals surface area contributed by atoms with Gasteiger partial charge >= 0.3 is 0 Å². The lowest BCUT2D eigenvalue weighted by Gasteiger charge is -2.24. The Hall–Kier alpha value is -2.34. The molecule has 2 aromatic carbocycles. The summed E-state index contributed by atoms with van der Waals surface area (Å²) < 4.78 is 13.6. The van der Waals surface area contributed by atoms with Crippen LogP contribution in [-0.2, 0) is 9.59 Å². The zero-order valence-corrected chi connectivity index (χ0v) is 15.4. The molecule has 0 radical (unpaired) electrons. The Kier molecular flexibility index (Phi) is 5.93. The maximum atomic E-state index is 13.6. The highest BCUT2D eigenvalue weighted by Gasteiger charge is 2.34. The second-order valence-corrected chi connectivity index (χ2v) is 7.25. The third-order valence-corrected chi connectivity index (χ3v) is 5.40. The van der Waals surface area contributed by atoms with Gasteiger partial charge in [0.2, 0.25) is 11.8 Å². The molecule has 136 valence electrons. The molecule has 1 aliphatic rings. The average molecular weight is 372 g/mol. The summed E-state index contributed by atoms with van der Waals surface area (Å²) in [5.41, 5.74) is 2.24. The maximum Gasteiger partial charge on any atom is 0.238 e. The molecule has 0 bridgehead atoms. The molecule has 1 heterocycles. The van der Waals surface area contributed by atoms with Gasteiger partial charge in [-0.15, -0.1) is 11.8 Å². The number of unbranched alkanes of at least 4 members (excludes halogenated alkanes) is 1. The van der Waals surface area contributed by atoms with Crippen LogP contribution in [0.5, 0.6) is 0 Å². The molecule has 1 fully saturated rings. The van der Waals surface area contributed by atoms with Gasteiger partial charge < -0.3 is 5.32 Å². The predicted octanol–water partition coefficient (Wildman–Crippen LogP) is 4.73. The fraction of sp³-hybridized carbons (Fsp3) is 0.300. The number of hydrogen-bond donors (Lipinski definition) is 1. The Morgan fingerprint density at radius 2 is 2.04 bits per heavy atom. The molecule has 1 N–H and O–H groups in total. The van der Waals surface area contributed by atoms with Gasteiger partial charge in [0.15, 0.2) is 0 Å². The zero-order valence-electron chi connectivity index (χ0n) is 14.6. The number of carbonyl (C=O) groups is 2. The number of nitrogens with zero attached hydrogens (tertiary/aromatic N) is 1. The molecule has 26 heavy (non-hydrogen) atoms. The highest BCUT2D eigenvalue weighted by Crippen LogP contribution is 2.42. The molecule has 0 unspecified atom stereocenters. The summed E-state index contributed by atoms with van der Waals surface area (Å²) in [6.45, 7) is 2.05. The molecule has 4 nitrogen and oxygen atoms in total. The Labute approximate surface area is 156 Å². The number of benzene rings is 2. The quantitative estimate of drug-likeness (QED) is 0.797. The van der Waals surface area contributed by atoms with Gasteiger partial charge in [0.05, 0.1) is 5.75 Å². The molecular weight excluding hydrogens is 351 g/mol. The molecule has 1 aliphatic heterocycles. The number of thioether (sulfide) groups is 1. The van der Waals surface area contributed by atoms with Crippen molar-refractivity contribution >= 4 is 35.0 Å². The second-order valence-electron chi connectivity index (χ2n) is 6.18. The van der Waals surface area contributed by atoms with E-state index in [1.165, 1.54) is 23.9 Å². The lowest BCUT2D eigenvalue weighted by atomic mass is 10.1. The van der Waals surface area contributed by atoms with Crippen LogP contribution in [-0.4, -0.2) is 17.6 Å². The van der Waals surface area contributed by atoms with Gasteiger partial charge in [-0.3, -0.25) is 14.5 Å². The zero-order chi connectivity index (χ0) is 18.5. The van der Waals surface area contributed by atoms with E-state index in [1.54, 1.807) is 17.0 Å². The maximum absolute atomic E-state index is 13.6. The normalized spacial score (nSPS) is 16.8. The fourth-order valence-corrected chi connectivity index (χ4v) is 4.05. The molecule has 1 saturated heterocycles. The minimum atomic E-state index is -0.365. The van der Waals surface area contributed by atoms with Gasteiger partial charge in [0.25, 0.3) is 0 Å². The summed E-state index contributed by atoms with van der Waals surface area (Å²) in [7, 11) is 0. The first-order valence-corrected chi connectivity index (χ1v) is 9.72. The Bertz CT molecular complexity index is 795. The van der Waals surface area contributed by atoms with E-state index >= 15 is 0 Å². The number of halogens is 1. The van der Waals surface area contributed by atoms with Gasteiger partial charge in [-0.1, -0.05) is 31.5 Å². The van der Waals surface area contributed by atoms with Crippen molar-refractivity contribution in [1.82, 2.24) is 0 Å².